The van der Waals surface area contributed by atoms with Crippen LogP contribution in [-0.4, -0.2) is 36.2 Å². The lowest BCUT2D eigenvalue weighted by Gasteiger charge is -2.21. The van der Waals surface area contributed by atoms with Gasteiger partial charge in [0.15, 0.2) is 5.13 Å². The molecule has 0 saturated heterocycles. The second kappa shape index (κ2) is 9.17. The van der Waals surface area contributed by atoms with Gasteiger partial charge in [-0.1, -0.05) is 6.92 Å². The standard InChI is InChI=1S/C19H27N5O4S2/c1-3-8-30(27,28)23-15-6-4-12(2)24(18(15)26)11-17(25)21-10-13-5-7-14-16(9-13)29-19(20)22-14/h4,6,13,23H,3,5,7-11H2,1-2H3,(H2,20,22)(H,21,25). The monoisotopic (exact) mass is 453 g/mol. The summed E-state index contributed by atoms with van der Waals surface area (Å²) >= 11 is 1.50. The molecule has 4 N–H and O–H groups in total. The van der Waals surface area contributed by atoms with Gasteiger partial charge < -0.3 is 15.6 Å². The van der Waals surface area contributed by atoms with Crippen molar-refractivity contribution >= 4 is 38.1 Å². The van der Waals surface area contributed by atoms with Gasteiger partial charge in [-0.15, -0.1) is 11.3 Å². The number of anilines is 2. The Bertz CT molecular complexity index is 1090. The molecule has 0 fully saturated rings. The Labute approximate surface area is 179 Å². The molecule has 9 nitrogen and oxygen atoms in total. The molecule has 3 rings (SSSR count). The first-order valence-corrected chi connectivity index (χ1v) is 12.4. The second-order valence-corrected chi connectivity index (χ2v) is 10.5. The van der Waals surface area contributed by atoms with Crippen LogP contribution in [-0.2, 0) is 34.2 Å². The quantitative estimate of drug-likeness (QED) is 0.551. The molecule has 0 bridgehead atoms. The molecule has 30 heavy (non-hydrogen) atoms. The summed E-state index contributed by atoms with van der Waals surface area (Å²) in [7, 11) is -3.59. The van der Waals surface area contributed by atoms with Gasteiger partial charge in [0.1, 0.15) is 12.2 Å². The first kappa shape index (κ1) is 22.3. The Kier molecular flexibility index (Phi) is 6.81. The van der Waals surface area contributed by atoms with Crippen LogP contribution in [0.15, 0.2) is 16.9 Å². The molecule has 0 saturated carbocycles. The Morgan fingerprint density at radius 3 is 2.90 bits per heavy atom. The van der Waals surface area contributed by atoms with Crippen LogP contribution in [0.3, 0.4) is 0 Å². The molecular formula is C19H27N5O4S2. The van der Waals surface area contributed by atoms with Crippen LogP contribution in [0.5, 0.6) is 0 Å². The summed E-state index contributed by atoms with van der Waals surface area (Å²) in [5.41, 5.74) is 6.82. The molecule has 1 amide bonds. The maximum atomic E-state index is 12.7. The number of hydrogen-bond donors (Lipinski definition) is 3. The van der Waals surface area contributed by atoms with Crippen molar-refractivity contribution in [1.29, 1.82) is 0 Å². The molecule has 11 heteroatoms. The van der Waals surface area contributed by atoms with Crippen LogP contribution in [0.1, 0.15) is 36.0 Å². The Morgan fingerprint density at radius 1 is 1.40 bits per heavy atom. The van der Waals surface area contributed by atoms with E-state index in [9.17, 15) is 18.0 Å². The highest BCUT2D eigenvalue weighted by Crippen LogP contribution is 2.30. The fourth-order valence-electron chi connectivity index (χ4n) is 3.53. The van der Waals surface area contributed by atoms with E-state index in [2.05, 4.69) is 15.0 Å². The number of aryl methyl sites for hydroxylation is 2. The lowest BCUT2D eigenvalue weighted by molar-refractivity contribution is -0.121. The number of fused-ring (bicyclic) bond motifs is 1. The number of amides is 1. The Balaban J connectivity index is 1.62. The summed E-state index contributed by atoms with van der Waals surface area (Å²) in [5.74, 6) is -0.0651. The maximum Gasteiger partial charge on any atom is 0.275 e. The van der Waals surface area contributed by atoms with Crippen molar-refractivity contribution in [3.63, 3.8) is 0 Å². The molecule has 1 atom stereocenters. The van der Waals surface area contributed by atoms with E-state index in [0.29, 0.717) is 29.7 Å². The molecule has 164 valence electrons. The van der Waals surface area contributed by atoms with E-state index in [-0.39, 0.29) is 23.9 Å². The number of nitrogens with two attached hydrogens (primary N) is 1. The van der Waals surface area contributed by atoms with Gasteiger partial charge in [0.25, 0.3) is 5.56 Å². The molecule has 2 aromatic rings. The van der Waals surface area contributed by atoms with Crippen molar-refractivity contribution in [2.75, 3.05) is 22.8 Å². The third-order valence-corrected chi connectivity index (χ3v) is 7.50. The molecule has 0 aromatic carbocycles. The molecule has 1 aliphatic rings. The summed E-state index contributed by atoms with van der Waals surface area (Å²) in [4.78, 5) is 30.7. The Hall–Kier alpha value is -2.40. The predicted molar refractivity (Wildman–Crippen MR) is 118 cm³/mol. The smallest absolute Gasteiger partial charge is 0.275 e. The van der Waals surface area contributed by atoms with E-state index in [4.69, 9.17) is 5.73 Å². The number of carbonyl (C=O) groups is 1. The second-order valence-electron chi connectivity index (χ2n) is 7.54. The number of rotatable bonds is 8. The van der Waals surface area contributed by atoms with Gasteiger partial charge in [-0.05, 0) is 50.7 Å². The van der Waals surface area contributed by atoms with Gasteiger partial charge in [-0.25, -0.2) is 13.4 Å². The highest BCUT2D eigenvalue weighted by Gasteiger charge is 2.23. The third kappa shape index (κ3) is 5.39. The SMILES string of the molecule is CCCS(=O)(=O)Nc1ccc(C)n(CC(=O)NCC2CCc3nc(N)sc3C2)c1=O. The normalized spacial score (nSPS) is 16.1. The van der Waals surface area contributed by atoms with Crippen molar-refractivity contribution in [2.45, 2.75) is 46.1 Å². The fraction of sp³-hybridized carbons (Fsp3) is 0.526. The zero-order chi connectivity index (χ0) is 21.9. The van der Waals surface area contributed by atoms with Crippen molar-refractivity contribution < 1.29 is 13.2 Å². The first-order valence-electron chi connectivity index (χ1n) is 9.90. The summed E-state index contributed by atoms with van der Waals surface area (Å²) in [5, 5.41) is 3.47. The van der Waals surface area contributed by atoms with Crippen molar-refractivity contribution in [1.82, 2.24) is 14.9 Å². The number of aromatic nitrogens is 2. The predicted octanol–water partition coefficient (Wildman–Crippen LogP) is 1.27. The molecule has 0 spiro atoms. The topological polar surface area (TPSA) is 136 Å². The lowest BCUT2D eigenvalue weighted by Crippen LogP contribution is -2.37. The van der Waals surface area contributed by atoms with E-state index in [1.807, 2.05) is 0 Å². The number of sulfonamides is 1. The minimum Gasteiger partial charge on any atom is -0.375 e. The van der Waals surface area contributed by atoms with Crippen LogP contribution in [0.4, 0.5) is 10.8 Å². The van der Waals surface area contributed by atoms with E-state index in [1.54, 1.807) is 19.9 Å². The first-order chi connectivity index (χ1) is 14.2. The van der Waals surface area contributed by atoms with Crippen LogP contribution >= 0.6 is 11.3 Å². The van der Waals surface area contributed by atoms with Crippen LogP contribution < -0.4 is 21.3 Å². The third-order valence-electron chi connectivity index (χ3n) is 5.08. The average Bonchev–Trinajstić information content (AvgIpc) is 3.05. The number of nitrogens with one attached hydrogen (secondary N) is 2. The minimum absolute atomic E-state index is 0.0514. The number of pyridine rings is 1. The van der Waals surface area contributed by atoms with Crippen LogP contribution in [0.25, 0.3) is 0 Å². The van der Waals surface area contributed by atoms with Gasteiger partial charge in [-0.2, -0.15) is 0 Å². The zero-order valence-electron chi connectivity index (χ0n) is 17.1. The van der Waals surface area contributed by atoms with Crippen molar-refractivity contribution in [2.24, 2.45) is 5.92 Å². The molecule has 2 heterocycles. The van der Waals surface area contributed by atoms with E-state index >= 15 is 0 Å². The van der Waals surface area contributed by atoms with Gasteiger partial charge >= 0.3 is 0 Å². The van der Waals surface area contributed by atoms with Gasteiger partial charge in [0.2, 0.25) is 15.9 Å². The fourth-order valence-corrected chi connectivity index (χ4v) is 5.65. The number of carbonyl (C=O) groups excluding carboxylic acids is 1. The maximum absolute atomic E-state index is 12.7. The summed E-state index contributed by atoms with van der Waals surface area (Å²) in [6.07, 6.45) is 3.04. The Morgan fingerprint density at radius 2 is 2.17 bits per heavy atom. The number of thiazole rings is 1. The minimum atomic E-state index is -3.59. The van der Waals surface area contributed by atoms with Gasteiger partial charge in [0, 0.05) is 17.1 Å². The number of nitrogen functional groups attached to an aromatic ring is 1. The largest absolute Gasteiger partial charge is 0.375 e. The summed E-state index contributed by atoms with van der Waals surface area (Å²) < 4.78 is 27.6. The van der Waals surface area contributed by atoms with Crippen molar-refractivity contribution in [3.05, 3.63) is 38.8 Å². The van der Waals surface area contributed by atoms with Crippen LogP contribution in [0.2, 0.25) is 0 Å². The molecule has 0 aliphatic heterocycles. The zero-order valence-corrected chi connectivity index (χ0v) is 18.7. The lowest BCUT2D eigenvalue weighted by atomic mass is 9.91. The van der Waals surface area contributed by atoms with E-state index < -0.39 is 15.6 Å². The number of hydrogen-bond acceptors (Lipinski definition) is 7. The summed E-state index contributed by atoms with van der Waals surface area (Å²) in [6.45, 7) is 3.79. The molecule has 2 aromatic heterocycles. The highest BCUT2D eigenvalue weighted by atomic mass is 32.2. The average molecular weight is 454 g/mol. The van der Waals surface area contributed by atoms with Crippen LogP contribution in [0, 0.1) is 12.8 Å². The summed E-state index contributed by atoms with van der Waals surface area (Å²) in [6, 6.07) is 3.05. The number of nitrogens with zero attached hydrogens (tertiary/aromatic N) is 2. The van der Waals surface area contributed by atoms with Crippen molar-refractivity contribution in [3.8, 4) is 0 Å². The molecule has 1 unspecified atom stereocenters. The van der Waals surface area contributed by atoms with E-state index in [0.717, 1.165) is 25.0 Å². The van der Waals surface area contributed by atoms with Gasteiger partial charge in [-0.3, -0.25) is 14.3 Å². The van der Waals surface area contributed by atoms with Gasteiger partial charge in [0.05, 0.1) is 11.4 Å². The van der Waals surface area contributed by atoms with E-state index in [1.165, 1.54) is 26.8 Å². The molecule has 0 radical (unpaired) electrons. The highest BCUT2D eigenvalue weighted by molar-refractivity contribution is 7.92. The molecular weight excluding hydrogens is 426 g/mol. The molecule has 1 aliphatic carbocycles.